The molecule has 0 fully saturated rings. The van der Waals surface area contributed by atoms with Crippen molar-refractivity contribution in [2.45, 2.75) is 4.90 Å². The number of benzene rings is 2. The Morgan fingerprint density at radius 1 is 0.840 bits per heavy atom. The Bertz CT molecular complexity index is 949. The molecule has 0 radical (unpaired) electrons. The van der Waals surface area contributed by atoms with Crippen LogP contribution in [0.5, 0.6) is 0 Å². The summed E-state index contributed by atoms with van der Waals surface area (Å²) in [6.45, 7) is 0. The molecule has 0 aliphatic heterocycles. The normalized spacial score (nSPS) is 10.8. The fraction of sp³-hybridized carbons (Fsp3) is 0. The van der Waals surface area contributed by atoms with Crippen molar-refractivity contribution in [1.82, 2.24) is 0 Å². The molecule has 0 bridgehead atoms. The van der Waals surface area contributed by atoms with Crippen molar-refractivity contribution in [3.05, 3.63) is 55.5 Å². The number of hydrogen-bond donors (Lipinski definition) is 3. The lowest BCUT2D eigenvalue weighted by atomic mass is 10.1. The van der Waals surface area contributed by atoms with Gasteiger partial charge in [-0.15, -0.1) is 0 Å². The molecule has 0 saturated carbocycles. The third-order valence-electron chi connectivity index (χ3n) is 3.04. The first-order valence-corrected chi connectivity index (χ1v) is 8.99. The van der Waals surface area contributed by atoms with Gasteiger partial charge in [0.1, 0.15) is 0 Å². The van der Waals surface area contributed by atoms with E-state index in [-0.39, 0.29) is 25.7 Å². The SMILES string of the molecule is O=C(O)c1c(Cl)c(Cl)c(Cl)c(Cl)c1C(=O)Nc1ccc([SH](=O)=O)cc1. The van der Waals surface area contributed by atoms with Crippen LogP contribution in [-0.4, -0.2) is 25.4 Å². The Balaban J connectivity index is 2.50. The van der Waals surface area contributed by atoms with Crippen LogP contribution in [-0.2, 0) is 10.7 Å². The fourth-order valence-electron chi connectivity index (χ4n) is 1.91. The second kappa shape index (κ2) is 7.80. The Labute approximate surface area is 163 Å². The predicted octanol–water partition coefficient (Wildman–Crippen LogP) is 4.22. The summed E-state index contributed by atoms with van der Waals surface area (Å²) in [5.74, 6) is -2.42. The molecule has 2 N–H and O–H groups in total. The van der Waals surface area contributed by atoms with E-state index in [1.165, 1.54) is 24.3 Å². The van der Waals surface area contributed by atoms with Crippen molar-refractivity contribution in [1.29, 1.82) is 0 Å². The number of amides is 1. The molecule has 6 nitrogen and oxygen atoms in total. The molecule has 0 aromatic heterocycles. The van der Waals surface area contributed by atoms with Crippen molar-refractivity contribution in [3.63, 3.8) is 0 Å². The first kappa shape index (κ1) is 19.8. The molecule has 0 unspecified atom stereocenters. The van der Waals surface area contributed by atoms with Gasteiger partial charge in [0.05, 0.1) is 36.1 Å². The maximum absolute atomic E-state index is 12.5. The summed E-state index contributed by atoms with van der Waals surface area (Å²) < 4.78 is 21.7. The van der Waals surface area contributed by atoms with Crippen LogP contribution in [0, 0.1) is 0 Å². The van der Waals surface area contributed by atoms with Gasteiger partial charge >= 0.3 is 5.97 Å². The number of rotatable bonds is 4. The van der Waals surface area contributed by atoms with Crippen molar-refractivity contribution >= 4 is 74.7 Å². The van der Waals surface area contributed by atoms with Crippen molar-refractivity contribution < 1.29 is 23.1 Å². The first-order chi connectivity index (χ1) is 11.6. The van der Waals surface area contributed by atoms with Gasteiger partial charge in [0.25, 0.3) is 5.91 Å². The molecule has 2 rings (SSSR count). The van der Waals surface area contributed by atoms with Crippen LogP contribution >= 0.6 is 46.4 Å². The molecule has 132 valence electrons. The summed E-state index contributed by atoms with van der Waals surface area (Å²) in [5.41, 5.74) is -0.856. The summed E-state index contributed by atoms with van der Waals surface area (Å²) in [7, 11) is -2.76. The number of nitrogens with one attached hydrogen (secondary N) is 1. The number of hydrogen-bond acceptors (Lipinski definition) is 4. The molecule has 2 aromatic carbocycles. The highest BCUT2D eigenvalue weighted by molar-refractivity contribution is 7.72. The maximum atomic E-state index is 12.5. The lowest BCUT2D eigenvalue weighted by Gasteiger charge is -2.14. The second-order valence-electron chi connectivity index (χ2n) is 4.57. The zero-order valence-corrected chi connectivity index (χ0v) is 15.8. The number of carbonyl (C=O) groups is 2. The molecule has 0 aliphatic rings. The first-order valence-electron chi connectivity index (χ1n) is 6.30. The summed E-state index contributed by atoms with van der Waals surface area (Å²) >= 11 is 23.5. The Kier molecular flexibility index (Phi) is 6.18. The molecular weight excluding hydrogens is 436 g/mol. The summed E-state index contributed by atoms with van der Waals surface area (Å²) in [4.78, 5) is 23.9. The van der Waals surface area contributed by atoms with Gasteiger partial charge in [0, 0.05) is 5.69 Å². The van der Waals surface area contributed by atoms with Crippen LogP contribution in [0.1, 0.15) is 20.7 Å². The van der Waals surface area contributed by atoms with Gasteiger partial charge in [0.15, 0.2) is 10.7 Å². The van der Waals surface area contributed by atoms with Crippen LogP contribution in [0.25, 0.3) is 0 Å². The van der Waals surface area contributed by atoms with E-state index in [0.717, 1.165) is 0 Å². The molecule has 0 spiro atoms. The number of carbonyl (C=O) groups excluding carboxylic acids is 1. The fourth-order valence-corrected chi connectivity index (χ4v) is 3.32. The maximum Gasteiger partial charge on any atom is 0.338 e. The summed E-state index contributed by atoms with van der Waals surface area (Å²) in [6.07, 6.45) is 0. The largest absolute Gasteiger partial charge is 0.478 e. The van der Waals surface area contributed by atoms with E-state index in [4.69, 9.17) is 46.4 Å². The molecule has 0 aliphatic carbocycles. The highest BCUT2D eigenvalue weighted by Crippen LogP contribution is 2.41. The number of aromatic carboxylic acids is 1. The van der Waals surface area contributed by atoms with Crippen LogP contribution in [0.3, 0.4) is 0 Å². The van der Waals surface area contributed by atoms with Crippen LogP contribution in [0.15, 0.2) is 29.2 Å². The van der Waals surface area contributed by atoms with Gasteiger partial charge in [0.2, 0.25) is 0 Å². The average Bonchev–Trinajstić information content (AvgIpc) is 2.55. The molecular formula is C14H7Cl4NO5S. The summed E-state index contributed by atoms with van der Waals surface area (Å²) in [6, 6.07) is 5.18. The molecule has 25 heavy (non-hydrogen) atoms. The smallest absolute Gasteiger partial charge is 0.338 e. The van der Waals surface area contributed by atoms with E-state index in [9.17, 15) is 23.1 Å². The molecule has 0 atom stereocenters. The van der Waals surface area contributed by atoms with Gasteiger partial charge in [-0.3, -0.25) is 4.79 Å². The number of thiol groups is 1. The standard InChI is InChI=1S/C14H7Cl4NO5S/c15-9-7(8(14(21)22)10(16)12(18)11(9)17)13(20)19-5-1-3-6(4-2-5)25(23)24/h1-4,25H,(H,19,20)(H,21,22). The number of carboxylic acids is 1. The number of anilines is 1. The lowest BCUT2D eigenvalue weighted by molar-refractivity contribution is 0.0692. The van der Waals surface area contributed by atoms with E-state index in [0.29, 0.717) is 0 Å². The van der Waals surface area contributed by atoms with Crippen LogP contribution in [0.2, 0.25) is 20.1 Å². The predicted molar refractivity (Wildman–Crippen MR) is 96.4 cm³/mol. The molecule has 2 aromatic rings. The van der Waals surface area contributed by atoms with E-state index in [2.05, 4.69) is 5.32 Å². The highest BCUT2D eigenvalue weighted by Gasteiger charge is 2.28. The molecule has 0 saturated heterocycles. The monoisotopic (exact) mass is 441 g/mol. The quantitative estimate of drug-likeness (QED) is 0.374. The van der Waals surface area contributed by atoms with Gasteiger partial charge in [-0.05, 0) is 24.3 Å². The van der Waals surface area contributed by atoms with Crippen LogP contribution < -0.4 is 5.32 Å². The van der Waals surface area contributed by atoms with Gasteiger partial charge in [-0.2, -0.15) is 0 Å². The number of halogens is 4. The Hall–Kier alpha value is -1.51. The van der Waals surface area contributed by atoms with E-state index in [1.54, 1.807) is 0 Å². The average molecular weight is 443 g/mol. The Morgan fingerprint density at radius 3 is 1.76 bits per heavy atom. The minimum Gasteiger partial charge on any atom is -0.478 e. The minimum absolute atomic E-state index is 0.0508. The zero-order chi connectivity index (χ0) is 18.9. The zero-order valence-electron chi connectivity index (χ0n) is 11.8. The van der Waals surface area contributed by atoms with Crippen molar-refractivity contribution in [2.24, 2.45) is 0 Å². The molecule has 11 heteroatoms. The van der Waals surface area contributed by atoms with E-state index >= 15 is 0 Å². The molecule has 1 amide bonds. The third-order valence-corrected chi connectivity index (χ3v) is 5.57. The minimum atomic E-state index is -2.76. The van der Waals surface area contributed by atoms with Gasteiger partial charge < -0.3 is 10.4 Å². The van der Waals surface area contributed by atoms with Crippen molar-refractivity contribution in [3.8, 4) is 0 Å². The second-order valence-corrected chi connectivity index (χ2v) is 7.11. The van der Waals surface area contributed by atoms with Crippen LogP contribution in [0.4, 0.5) is 5.69 Å². The van der Waals surface area contributed by atoms with Gasteiger partial charge in [-0.1, -0.05) is 46.4 Å². The highest BCUT2D eigenvalue weighted by atomic mass is 35.5. The topological polar surface area (TPSA) is 101 Å². The van der Waals surface area contributed by atoms with Crippen molar-refractivity contribution in [2.75, 3.05) is 5.32 Å². The van der Waals surface area contributed by atoms with Gasteiger partial charge in [-0.25, -0.2) is 13.2 Å². The Morgan fingerprint density at radius 2 is 1.32 bits per heavy atom. The molecule has 0 heterocycles. The van der Waals surface area contributed by atoms with E-state index < -0.39 is 38.7 Å². The third kappa shape index (κ3) is 4.02. The van der Waals surface area contributed by atoms with E-state index in [1.807, 2.05) is 0 Å². The lowest BCUT2D eigenvalue weighted by Crippen LogP contribution is -2.18. The summed E-state index contributed by atoms with van der Waals surface area (Å²) in [5, 5.41) is 10.4. The number of carboxylic acid groups (broad SMARTS) is 1.